The molecule has 0 spiro atoms. The average molecular weight is 321 g/mol. The second-order valence-electron chi connectivity index (χ2n) is 3.96. The van der Waals surface area contributed by atoms with E-state index in [1.165, 1.54) is 12.1 Å². The van der Waals surface area contributed by atoms with E-state index in [2.05, 4.69) is 28.2 Å². The first-order chi connectivity index (χ1) is 8.04. The van der Waals surface area contributed by atoms with Gasteiger partial charge < -0.3 is 10.4 Å². The molecule has 2 N–H and O–H groups in total. The monoisotopic (exact) mass is 319 g/mol. The first kappa shape index (κ1) is 14.3. The number of carbonyl (C=O) groups is 1. The molecule has 3 nitrogen and oxygen atoms in total. The molecule has 1 rings (SSSR count). The Bertz CT molecular complexity index is 398. The molecule has 0 aliphatic carbocycles. The number of phenols is 1. The lowest BCUT2D eigenvalue weighted by atomic mass is 10.1. The Morgan fingerprint density at radius 2 is 2.29 bits per heavy atom. The van der Waals surface area contributed by atoms with Crippen LogP contribution in [0.3, 0.4) is 0 Å². The SMILES string of the molecule is CC(CCBr)CNC(=O)c1ccc(O)c(Cl)c1. The van der Waals surface area contributed by atoms with E-state index in [0.717, 1.165) is 11.8 Å². The number of alkyl halides is 1. The Morgan fingerprint density at radius 1 is 1.59 bits per heavy atom. The van der Waals surface area contributed by atoms with Crippen molar-refractivity contribution in [2.75, 3.05) is 11.9 Å². The van der Waals surface area contributed by atoms with E-state index in [0.29, 0.717) is 18.0 Å². The Kier molecular flexibility index (Phi) is 5.78. The minimum atomic E-state index is -0.173. The maximum Gasteiger partial charge on any atom is 0.251 e. The number of aromatic hydroxyl groups is 1. The van der Waals surface area contributed by atoms with Gasteiger partial charge in [0, 0.05) is 17.4 Å². The molecule has 1 aromatic carbocycles. The van der Waals surface area contributed by atoms with Gasteiger partial charge in [-0.25, -0.2) is 0 Å². The summed E-state index contributed by atoms with van der Waals surface area (Å²) in [5.41, 5.74) is 0.457. The molecule has 0 fully saturated rings. The van der Waals surface area contributed by atoms with E-state index in [1.807, 2.05) is 0 Å². The van der Waals surface area contributed by atoms with Crippen molar-refractivity contribution in [1.82, 2.24) is 5.32 Å². The molecule has 1 atom stereocenters. The van der Waals surface area contributed by atoms with E-state index in [1.54, 1.807) is 6.07 Å². The van der Waals surface area contributed by atoms with E-state index in [9.17, 15) is 9.90 Å². The van der Waals surface area contributed by atoms with Gasteiger partial charge in [0.25, 0.3) is 5.91 Å². The van der Waals surface area contributed by atoms with Gasteiger partial charge in [0.2, 0.25) is 0 Å². The predicted molar refractivity (Wildman–Crippen MR) is 73.0 cm³/mol. The average Bonchev–Trinajstić information content (AvgIpc) is 2.30. The molecule has 0 saturated heterocycles. The quantitative estimate of drug-likeness (QED) is 0.819. The highest BCUT2D eigenvalue weighted by Gasteiger charge is 2.09. The maximum atomic E-state index is 11.8. The number of phenolic OH excluding ortho intramolecular Hbond substituents is 1. The van der Waals surface area contributed by atoms with Gasteiger partial charge in [-0.05, 0) is 30.5 Å². The molecule has 0 aromatic heterocycles. The molecular weight excluding hydrogens is 305 g/mol. The first-order valence-electron chi connectivity index (χ1n) is 5.37. The number of hydrogen-bond acceptors (Lipinski definition) is 2. The summed E-state index contributed by atoms with van der Waals surface area (Å²) >= 11 is 9.10. The van der Waals surface area contributed by atoms with Crippen LogP contribution in [0.4, 0.5) is 0 Å². The zero-order chi connectivity index (χ0) is 12.8. The second-order valence-corrected chi connectivity index (χ2v) is 5.16. The first-order valence-corrected chi connectivity index (χ1v) is 6.87. The van der Waals surface area contributed by atoms with Gasteiger partial charge >= 0.3 is 0 Å². The van der Waals surface area contributed by atoms with Crippen molar-refractivity contribution >= 4 is 33.4 Å². The maximum absolute atomic E-state index is 11.8. The van der Waals surface area contributed by atoms with Crippen molar-refractivity contribution < 1.29 is 9.90 Å². The van der Waals surface area contributed by atoms with E-state index < -0.39 is 0 Å². The Hall–Kier alpha value is -0.740. The number of benzene rings is 1. The van der Waals surface area contributed by atoms with Crippen molar-refractivity contribution in [3.63, 3.8) is 0 Å². The fourth-order valence-electron chi connectivity index (χ4n) is 1.31. The molecule has 94 valence electrons. The van der Waals surface area contributed by atoms with E-state index in [4.69, 9.17) is 11.6 Å². The molecule has 0 aliphatic heterocycles. The third-order valence-corrected chi connectivity index (χ3v) is 3.18. The minimum absolute atomic E-state index is 0.0177. The standard InChI is InChI=1S/C12H15BrClNO2/c1-8(4-5-13)7-15-12(17)9-2-3-11(16)10(14)6-9/h2-3,6,8,16H,4-5,7H2,1H3,(H,15,17). The van der Waals surface area contributed by atoms with Crippen LogP contribution >= 0.6 is 27.5 Å². The smallest absolute Gasteiger partial charge is 0.251 e. The number of carbonyl (C=O) groups excluding carboxylic acids is 1. The topological polar surface area (TPSA) is 49.3 Å². The molecule has 1 amide bonds. The molecule has 0 saturated carbocycles. The van der Waals surface area contributed by atoms with Crippen LogP contribution in [0, 0.1) is 5.92 Å². The van der Waals surface area contributed by atoms with Gasteiger partial charge in [0.05, 0.1) is 5.02 Å². The van der Waals surface area contributed by atoms with Crippen molar-refractivity contribution in [2.24, 2.45) is 5.92 Å². The van der Waals surface area contributed by atoms with Crippen molar-refractivity contribution in [1.29, 1.82) is 0 Å². The highest BCUT2D eigenvalue weighted by Crippen LogP contribution is 2.23. The fraction of sp³-hybridized carbons (Fsp3) is 0.417. The van der Waals surface area contributed by atoms with Crippen molar-refractivity contribution in [3.8, 4) is 5.75 Å². The summed E-state index contributed by atoms with van der Waals surface area (Å²) in [5, 5.41) is 13.2. The van der Waals surface area contributed by atoms with Crippen LogP contribution in [-0.2, 0) is 0 Å². The Morgan fingerprint density at radius 3 is 2.88 bits per heavy atom. The zero-order valence-corrected chi connectivity index (χ0v) is 11.9. The highest BCUT2D eigenvalue weighted by atomic mass is 79.9. The fourth-order valence-corrected chi connectivity index (χ4v) is 2.27. The van der Waals surface area contributed by atoms with Gasteiger partial charge in [0.15, 0.2) is 0 Å². The van der Waals surface area contributed by atoms with Gasteiger partial charge in [-0.1, -0.05) is 34.5 Å². The number of hydrogen-bond donors (Lipinski definition) is 2. The third-order valence-electron chi connectivity index (χ3n) is 2.42. The Labute approximate surface area is 114 Å². The van der Waals surface area contributed by atoms with Crippen LogP contribution in [0.15, 0.2) is 18.2 Å². The molecule has 0 heterocycles. The summed E-state index contributed by atoms with van der Waals surface area (Å²) in [7, 11) is 0. The summed E-state index contributed by atoms with van der Waals surface area (Å²) in [4.78, 5) is 11.8. The van der Waals surface area contributed by atoms with Crippen LogP contribution in [0.1, 0.15) is 23.7 Å². The van der Waals surface area contributed by atoms with Crippen LogP contribution in [0.5, 0.6) is 5.75 Å². The molecule has 5 heteroatoms. The summed E-state index contributed by atoms with van der Waals surface area (Å²) in [6.07, 6.45) is 1.01. The minimum Gasteiger partial charge on any atom is -0.506 e. The molecule has 0 radical (unpaired) electrons. The van der Waals surface area contributed by atoms with Crippen LogP contribution in [0.25, 0.3) is 0 Å². The van der Waals surface area contributed by atoms with Crippen LogP contribution < -0.4 is 5.32 Å². The van der Waals surface area contributed by atoms with Gasteiger partial charge in [-0.2, -0.15) is 0 Å². The predicted octanol–water partition coefficient (Wildman–Crippen LogP) is 3.20. The van der Waals surface area contributed by atoms with Gasteiger partial charge in [-0.15, -0.1) is 0 Å². The van der Waals surface area contributed by atoms with Gasteiger partial charge in [-0.3, -0.25) is 4.79 Å². The summed E-state index contributed by atoms with van der Waals surface area (Å²) in [6.45, 7) is 2.70. The summed E-state index contributed by atoms with van der Waals surface area (Å²) < 4.78 is 0. The van der Waals surface area contributed by atoms with E-state index in [-0.39, 0.29) is 16.7 Å². The van der Waals surface area contributed by atoms with Gasteiger partial charge in [0.1, 0.15) is 5.75 Å². The molecule has 0 bridgehead atoms. The molecule has 0 aliphatic rings. The zero-order valence-electron chi connectivity index (χ0n) is 9.54. The largest absolute Gasteiger partial charge is 0.506 e. The molecular formula is C12H15BrClNO2. The van der Waals surface area contributed by atoms with Crippen molar-refractivity contribution in [3.05, 3.63) is 28.8 Å². The molecule has 1 unspecified atom stereocenters. The van der Waals surface area contributed by atoms with Crippen LogP contribution in [-0.4, -0.2) is 22.9 Å². The number of halogens is 2. The molecule has 17 heavy (non-hydrogen) atoms. The lowest BCUT2D eigenvalue weighted by molar-refractivity contribution is 0.0948. The highest BCUT2D eigenvalue weighted by molar-refractivity contribution is 9.09. The van der Waals surface area contributed by atoms with Crippen LogP contribution in [0.2, 0.25) is 5.02 Å². The Balaban J connectivity index is 2.55. The van der Waals surface area contributed by atoms with Crippen molar-refractivity contribution in [2.45, 2.75) is 13.3 Å². The summed E-state index contributed by atoms with van der Waals surface area (Å²) in [5.74, 6) is 0.232. The normalized spacial score (nSPS) is 12.2. The second kappa shape index (κ2) is 6.87. The number of rotatable bonds is 5. The lowest BCUT2D eigenvalue weighted by Crippen LogP contribution is -2.28. The number of amides is 1. The lowest BCUT2D eigenvalue weighted by Gasteiger charge is -2.11. The molecule has 1 aromatic rings. The third kappa shape index (κ3) is 4.56. The number of nitrogens with one attached hydrogen (secondary N) is 1. The summed E-state index contributed by atoms with van der Waals surface area (Å²) in [6, 6.07) is 4.42. The van der Waals surface area contributed by atoms with E-state index >= 15 is 0 Å².